The Kier molecular flexibility index (Phi) is 34.0. The van der Waals surface area contributed by atoms with Gasteiger partial charge in [0, 0.05) is 6.42 Å². The Morgan fingerprint density at radius 3 is 0.868 bits per heavy atom. The third-order valence-corrected chi connectivity index (χ3v) is 8.25. The summed E-state index contributed by atoms with van der Waals surface area (Å²) in [4.78, 5) is 11.9. The predicted molar refractivity (Wildman–Crippen MR) is 170 cm³/mol. The molecule has 0 spiro atoms. The Hall–Kier alpha value is -0.530. The molecule has 0 aliphatic carbocycles. The van der Waals surface area contributed by atoms with E-state index in [0.717, 1.165) is 12.8 Å². The molecule has 2 heteroatoms. The van der Waals surface area contributed by atoms with Crippen molar-refractivity contribution < 1.29 is 9.53 Å². The molecule has 0 aliphatic rings. The zero-order chi connectivity index (χ0) is 27.6. The van der Waals surface area contributed by atoms with E-state index in [9.17, 15) is 4.79 Å². The van der Waals surface area contributed by atoms with Gasteiger partial charge in [0.25, 0.3) is 0 Å². The van der Waals surface area contributed by atoms with Crippen LogP contribution in [0.4, 0.5) is 0 Å². The van der Waals surface area contributed by atoms with Crippen molar-refractivity contribution in [2.75, 3.05) is 6.61 Å². The van der Waals surface area contributed by atoms with Crippen LogP contribution in [0.1, 0.15) is 219 Å². The van der Waals surface area contributed by atoms with Crippen LogP contribution in [-0.2, 0) is 9.53 Å². The van der Waals surface area contributed by atoms with Gasteiger partial charge in [0.05, 0.1) is 6.61 Å². The Bertz CT molecular complexity index is 433. The van der Waals surface area contributed by atoms with E-state index in [-0.39, 0.29) is 5.97 Å². The summed E-state index contributed by atoms with van der Waals surface area (Å²) in [6.07, 6.45) is 43.1. The van der Waals surface area contributed by atoms with Crippen molar-refractivity contribution in [3.63, 3.8) is 0 Å². The average molecular weight is 537 g/mol. The second kappa shape index (κ2) is 34.5. The van der Waals surface area contributed by atoms with Crippen molar-refractivity contribution in [3.05, 3.63) is 0 Å². The van der Waals surface area contributed by atoms with Crippen molar-refractivity contribution in [3.8, 4) is 0 Å². The Balaban J connectivity index is 3.14. The third-order valence-electron chi connectivity index (χ3n) is 8.25. The summed E-state index contributed by atoms with van der Waals surface area (Å²) in [6, 6.07) is 0. The standard InChI is InChI=1S/C36H72O2/c1-3-5-7-9-11-13-15-17-18-19-20-21-22-24-26-28-30-32-34-36(37)38-35-33-31-29-27-25-23-16-14-12-10-8-6-4-2/h3-35H2,1-2H3. The molecule has 0 rings (SSSR count). The molecule has 0 saturated heterocycles. The smallest absolute Gasteiger partial charge is 0.305 e. The van der Waals surface area contributed by atoms with E-state index in [2.05, 4.69) is 13.8 Å². The highest BCUT2D eigenvalue weighted by Crippen LogP contribution is 2.15. The van der Waals surface area contributed by atoms with Gasteiger partial charge in [-0.1, -0.05) is 200 Å². The van der Waals surface area contributed by atoms with Gasteiger partial charge in [0.15, 0.2) is 0 Å². The molecular weight excluding hydrogens is 464 g/mol. The van der Waals surface area contributed by atoms with Gasteiger partial charge in [-0.2, -0.15) is 0 Å². The summed E-state index contributed by atoms with van der Waals surface area (Å²) in [5.41, 5.74) is 0. The summed E-state index contributed by atoms with van der Waals surface area (Å²) in [5.74, 6) is 0.0282. The fourth-order valence-electron chi connectivity index (χ4n) is 5.55. The lowest BCUT2D eigenvalue weighted by Crippen LogP contribution is -2.05. The Labute approximate surface area is 241 Å². The topological polar surface area (TPSA) is 26.3 Å². The molecule has 0 aromatic heterocycles. The van der Waals surface area contributed by atoms with Crippen LogP contribution in [0.15, 0.2) is 0 Å². The van der Waals surface area contributed by atoms with Crippen molar-refractivity contribution in [1.82, 2.24) is 0 Å². The minimum absolute atomic E-state index is 0.0282. The number of hydrogen-bond acceptors (Lipinski definition) is 2. The van der Waals surface area contributed by atoms with E-state index < -0.39 is 0 Å². The lowest BCUT2D eigenvalue weighted by Gasteiger charge is -2.06. The summed E-state index contributed by atoms with van der Waals surface area (Å²) >= 11 is 0. The third kappa shape index (κ3) is 33.5. The van der Waals surface area contributed by atoms with Crippen molar-refractivity contribution in [1.29, 1.82) is 0 Å². The molecule has 0 aromatic rings. The highest BCUT2D eigenvalue weighted by Gasteiger charge is 2.03. The number of esters is 1. The van der Waals surface area contributed by atoms with Crippen LogP contribution in [0.5, 0.6) is 0 Å². The molecule has 0 atom stereocenters. The summed E-state index contributed by atoms with van der Waals surface area (Å²) in [7, 11) is 0. The minimum atomic E-state index is 0.0282. The highest BCUT2D eigenvalue weighted by atomic mass is 16.5. The zero-order valence-corrected chi connectivity index (χ0v) is 26.7. The highest BCUT2D eigenvalue weighted by molar-refractivity contribution is 5.69. The normalized spacial score (nSPS) is 11.3. The van der Waals surface area contributed by atoms with E-state index in [1.54, 1.807) is 0 Å². The van der Waals surface area contributed by atoms with E-state index in [0.29, 0.717) is 13.0 Å². The van der Waals surface area contributed by atoms with Gasteiger partial charge in [-0.05, 0) is 12.8 Å². The molecule has 0 radical (unpaired) electrons. The van der Waals surface area contributed by atoms with Crippen LogP contribution in [0, 0.1) is 0 Å². The SMILES string of the molecule is CCCCCCCCCCCCCCCCCCCCC(=O)OCCCCCCCCCCCCCCC. The maximum atomic E-state index is 11.9. The molecule has 228 valence electrons. The second-order valence-corrected chi connectivity index (χ2v) is 12.2. The van der Waals surface area contributed by atoms with E-state index in [4.69, 9.17) is 4.74 Å². The molecule has 0 fully saturated rings. The lowest BCUT2D eigenvalue weighted by molar-refractivity contribution is -0.143. The molecule has 2 nitrogen and oxygen atoms in total. The first-order valence-corrected chi connectivity index (χ1v) is 18.0. The molecule has 0 heterocycles. The maximum absolute atomic E-state index is 11.9. The van der Waals surface area contributed by atoms with Crippen LogP contribution < -0.4 is 0 Å². The maximum Gasteiger partial charge on any atom is 0.305 e. The molecule has 0 unspecified atom stereocenters. The monoisotopic (exact) mass is 537 g/mol. The summed E-state index contributed by atoms with van der Waals surface area (Å²) in [5, 5.41) is 0. The van der Waals surface area contributed by atoms with Gasteiger partial charge in [0.1, 0.15) is 0 Å². The van der Waals surface area contributed by atoms with Gasteiger partial charge in [-0.3, -0.25) is 4.79 Å². The van der Waals surface area contributed by atoms with Crippen LogP contribution in [-0.4, -0.2) is 12.6 Å². The molecule has 0 saturated carbocycles. The quantitative estimate of drug-likeness (QED) is 0.0615. The number of carbonyl (C=O) groups is 1. The van der Waals surface area contributed by atoms with Crippen molar-refractivity contribution >= 4 is 5.97 Å². The number of ether oxygens (including phenoxy) is 1. The number of unbranched alkanes of at least 4 members (excludes halogenated alkanes) is 29. The molecular formula is C36H72O2. The zero-order valence-electron chi connectivity index (χ0n) is 26.7. The second-order valence-electron chi connectivity index (χ2n) is 12.2. The molecule has 38 heavy (non-hydrogen) atoms. The summed E-state index contributed by atoms with van der Waals surface area (Å²) in [6.45, 7) is 5.21. The minimum Gasteiger partial charge on any atom is -0.466 e. The fourth-order valence-corrected chi connectivity index (χ4v) is 5.55. The van der Waals surface area contributed by atoms with Gasteiger partial charge < -0.3 is 4.74 Å². The van der Waals surface area contributed by atoms with Crippen molar-refractivity contribution in [2.24, 2.45) is 0 Å². The molecule has 0 aliphatic heterocycles. The van der Waals surface area contributed by atoms with Crippen molar-refractivity contribution in [2.45, 2.75) is 219 Å². The van der Waals surface area contributed by atoms with E-state index >= 15 is 0 Å². The van der Waals surface area contributed by atoms with Gasteiger partial charge in [-0.15, -0.1) is 0 Å². The Morgan fingerprint density at radius 1 is 0.342 bits per heavy atom. The molecule has 0 bridgehead atoms. The molecule has 0 aromatic carbocycles. The lowest BCUT2D eigenvalue weighted by atomic mass is 10.0. The van der Waals surface area contributed by atoms with E-state index in [1.807, 2.05) is 0 Å². The van der Waals surface area contributed by atoms with Gasteiger partial charge >= 0.3 is 5.97 Å². The van der Waals surface area contributed by atoms with Gasteiger partial charge in [-0.25, -0.2) is 0 Å². The van der Waals surface area contributed by atoms with Crippen LogP contribution >= 0.6 is 0 Å². The predicted octanol–water partition coefficient (Wildman–Crippen LogP) is 13.1. The summed E-state index contributed by atoms with van der Waals surface area (Å²) < 4.78 is 5.44. The van der Waals surface area contributed by atoms with E-state index in [1.165, 1.54) is 186 Å². The first-order valence-electron chi connectivity index (χ1n) is 18.0. The number of carbonyl (C=O) groups excluding carboxylic acids is 1. The van der Waals surface area contributed by atoms with Crippen LogP contribution in [0.2, 0.25) is 0 Å². The average Bonchev–Trinajstić information content (AvgIpc) is 2.92. The molecule has 0 N–H and O–H groups in total. The first kappa shape index (κ1) is 37.5. The first-order chi connectivity index (χ1) is 18.8. The number of hydrogen-bond donors (Lipinski definition) is 0. The largest absolute Gasteiger partial charge is 0.466 e. The van der Waals surface area contributed by atoms with Gasteiger partial charge in [0.2, 0.25) is 0 Å². The Morgan fingerprint density at radius 2 is 0.579 bits per heavy atom. The van der Waals surface area contributed by atoms with Crippen LogP contribution in [0.3, 0.4) is 0 Å². The fraction of sp³-hybridized carbons (Fsp3) is 0.972. The van der Waals surface area contributed by atoms with Crippen LogP contribution in [0.25, 0.3) is 0 Å². The molecule has 0 amide bonds. The number of rotatable bonds is 33.